The van der Waals surface area contributed by atoms with Gasteiger partial charge in [-0.2, -0.15) is 0 Å². The number of hydrogen-bond acceptors (Lipinski definition) is 4. The zero-order valence-electron chi connectivity index (χ0n) is 15.3. The Bertz CT molecular complexity index is 864. The molecule has 0 aliphatic heterocycles. The number of benzene rings is 2. The predicted octanol–water partition coefficient (Wildman–Crippen LogP) is 3.70. The van der Waals surface area contributed by atoms with Gasteiger partial charge >= 0.3 is 0 Å². The number of aromatic nitrogens is 1. The molecule has 138 valence electrons. The molecule has 0 aliphatic rings. The van der Waals surface area contributed by atoms with E-state index in [2.05, 4.69) is 15.6 Å². The molecule has 0 spiro atoms. The highest BCUT2D eigenvalue weighted by Gasteiger charge is 2.07. The monoisotopic (exact) mass is 361 g/mol. The van der Waals surface area contributed by atoms with E-state index in [1.54, 1.807) is 6.20 Å². The van der Waals surface area contributed by atoms with Gasteiger partial charge in [0.2, 0.25) is 0 Å². The maximum absolute atomic E-state index is 12.1. The third-order valence-corrected chi connectivity index (χ3v) is 4.03. The Balaban J connectivity index is 1.51. The van der Waals surface area contributed by atoms with Gasteiger partial charge in [-0.1, -0.05) is 42.0 Å². The van der Waals surface area contributed by atoms with Crippen molar-refractivity contribution in [2.45, 2.75) is 20.0 Å². The van der Waals surface area contributed by atoms with Crippen LogP contribution < -0.4 is 15.4 Å². The molecule has 3 rings (SSSR count). The average Bonchev–Trinajstić information content (AvgIpc) is 2.70. The molecule has 0 aliphatic carbocycles. The van der Waals surface area contributed by atoms with Gasteiger partial charge in [-0.15, -0.1) is 0 Å². The van der Waals surface area contributed by atoms with Crippen LogP contribution in [0.25, 0.3) is 0 Å². The van der Waals surface area contributed by atoms with E-state index in [4.69, 9.17) is 4.74 Å². The molecule has 0 atom stereocenters. The molecule has 0 unspecified atom stereocenters. The Morgan fingerprint density at radius 2 is 1.81 bits per heavy atom. The zero-order chi connectivity index (χ0) is 18.9. The van der Waals surface area contributed by atoms with Crippen LogP contribution in [0.3, 0.4) is 0 Å². The second-order valence-electron chi connectivity index (χ2n) is 6.28. The summed E-state index contributed by atoms with van der Waals surface area (Å²) in [5, 5.41) is 6.21. The van der Waals surface area contributed by atoms with E-state index in [1.165, 1.54) is 0 Å². The zero-order valence-corrected chi connectivity index (χ0v) is 15.3. The van der Waals surface area contributed by atoms with Crippen LogP contribution in [0, 0.1) is 6.92 Å². The number of ether oxygens (including phenoxy) is 1. The van der Waals surface area contributed by atoms with Gasteiger partial charge in [0, 0.05) is 36.7 Å². The predicted molar refractivity (Wildman–Crippen MR) is 107 cm³/mol. The first-order valence-corrected chi connectivity index (χ1v) is 8.87. The van der Waals surface area contributed by atoms with Crippen LogP contribution in [0.4, 0.5) is 5.69 Å². The van der Waals surface area contributed by atoms with E-state index >= 15 is 0 Å². The van der Waals surface area contributed by atoms with Crippen LogP contribution in [0.2, 0.25) is 0 Å². The fourth-order valence-electron chi connectivity index (χ4n) is 2.61. The number of amides is 1. The normalized spacial score (nSPS) is 10.4. The lowest BCUT2D eigenvalue weighted by molar-refractivity contribution is -0.118. The Hall–Kier alpha value is -3.18. The maximum Gasteiger partial charge on any atom is 0.262 e. The van der Waals surface area contributed by atoms with E-state index < -0.39 is 0 Å². The summed E-state index contributed by atoms with van der Waals surface area (Å²) in [7, 11) is 0. The van der Waals surface area contributed by atoms with E-state index in [9.17, 15) is 4.79 Å². The second-order valence-corrected chi connectivity index (χ2v) is 6.28. The molecular formula is C22H23N3O2. The first-order valence-electron chi connectivity index (χ1n) is 8.87. The van der Waals surface area contributed by atoms with Crippen molar-refractivity contribution < 1.29 is 9.53 Å². The minimum absolute atomic E-state index is 0.0342. The standard InChI is InChI=1S/C22H23N3O2/c1-17-8-10-20(11-9-17)25-22(26)16-27-21-7-3-2-6-19(21)15-24-14-18-5-4-12-23-13-18/h2-13,24H,14-16H2,1H3,(H,25,26). The second kappa shape index (κ2) is 9.50. The fourth-order valence-corrected chi connectivity index (χ4v) is 2.61. The lowest BCUT2D eigenvalue weighted by atomic mass is 10.2. The molecule has 0 saturated heterocycles. The summed E-state index contributed by atoms with van der Waals surface area (Å²) in [6.07, 6.45) is 3.60. The lowest BCUT2D eigenvalue weighted by Crippen LogP contribution is -2.21. The highest BCUT2D eigenvalue weighted by atomic mass is 16.5. The molecule has 5 nitrogen and oxygen atoms in total. The summed E-state index contributed by atoms with van der Waals surface area (Å²) in [5.41, 5.74) is 4.04. The molecule has 5 heteroatoms. The van der Waals surface area contributed by atoms with E-state index in [1.807, 2.05) is 73.8 Å². The van der Waals surface area contributed by atoms with Gasteiger partial charge in [0.1, 0.15) is 5.75 Å². The molecule has 2 aromatic carbocycles. The van der Waals surface area contributed by atoms with Crippen LogP contribution in [0.1, 0.15) is 16.7 Å². The third-order valence-electron chi connectivity index (χ3n) is 4.03. The molecular weight excluding hydrogens is 338 g/mol. The number of carbonyl (C=O) groups is 1. The van der Waals surface area contributed by atoms with E-state index in [0.717, 1.165) is 28.9 Å². The van der Waals surface area contributed by atoms with Crippen molar-refractivity contribution in [3.8, 4) is 5.75 Å². The molecule has 27 heavy (non-hydrogen) atoms. The lowest BCUT2D eigenvalue weighted by Gasteiger charge is -2.12. The van der Waals surface area contributed by atoms with Crippen LogP contribution in [0.15, 0.2) is 73.1 Å². The topological polar surface area (TPSA) is 63.2 Å². The van der Waals surface area contributed by atoms with Gasteiger partial charge in [0.15, 0.2) is 6.61 Å². The fraction of sp³-hybridized carbons (Fsp3) is 0.182. The van der Waals surface area contributed by atoms with Crippen molar-refractivity contribution in [2.24, 2.45) is 0 Å². The Kier molecular flexibility index (Phi) is 6.55. The smallest absolute Gasteiger partial charge is 0.262 e. The van der Waals surface area contributed by atoms with Gasteiger partial charge < -0.3 is 15.4 Å². The minimum Gasteiger partial charge on any atom is -0.483 e. The molecule has 0 bridgehead atoms. The van der Waals surface area contributed by atoms with E-state index in [-0.39, 0.29) is 12.5 Å². The van der Waals surface area contributed by atoms with Gasteiger partial charge in [0.25, 0.3) is 5.91 Å². The molecule has 0 fully saturated rings. The molecule has 0 radical (unpaired) electrons. The molecule has 1 heterocycles. The number of carbonyl (C=O) groups excluding carboxylic acids is 1. The number of anilines is 1. The van der Waals surface area contributed by atoms with Crippen molar-refractivity contribution in [2.75, 3.05) is 11.9 Å². The van der Waals surface area contributed by atoms with E-state index in [0.29, 0.717) is 12.3 Å². The number of pyridine rings is 1. The van der Waals surface area contributed by atoms with Crippen LogP contribution in [-0.2, 0) is 17.9 Å². The molecule has 1 aromatic heterocycles. The summed E-state index contributed by atoms with van der Waals surface area (Å²) >= 11 is 0. The van der Waals surface area contributed by atoms with Crippen molar-refractivity contribution in [1.82, 2.24) is 10.3 Å². The molecule has 1 amide bonds. The number of para-hydroxylation sites is 1. The van der Waals surface area contributed by atoms with Crippen molar-refractivity contribution in [1.29, 1.82) is 0 Å². The number of nitrogens with one attached hydrogen (secondary N) is 2. The number of aryl methyl sites for hydroxylation is 1. The van der Waals surface area contributed by atoms with Crippen molar-refractivity contribution in [3.63, 3.8) is 0 Å². The SMILES string of the molecule is Cc1ccc(NC(=O)COc2ccccc2CNCc2cccnc2)cc1. The maximum atomic E-state index is 12.1. The Labute approximate surface area is 159 Å². The molecule has 3 aromatic rings. The number of hydrogen-bond donors (Lipinski definition) is 2. The Morgan fingerprint density at radius 1 is 1.00 bits per heavy atom. The highest BCUT2D eigenvalue weighted by molar-refractivity contribution is 5.91. The summed E-state index contributed by atoms with van der Waals surface area (Å²) in [6.45, 7) is 3.34. The first-order chi connectivity index (χ1) is 13.2. The summed E-state index contributed by atoms with van der Waals surface area (Å²) in [4.78, 5) is 16.2. The quantitative estimate of drug-likeness (QED) is 0.642. The van der Waals surface area contributed by atoms with Gasteiger partial charge in [-0.25, -0.2) is 0 Å². The minimum atomic E-state index is -0.183. The summed E-state index contributed by atoms with van der Waals surface area (Å²) < 4.78 is 5.73. The third kappa shape index (κ3) is 5.94. The van der Waals surface area contributed by atoms with Gasteiger partial charge in [-0.3, -0.25) is 9.78 Å². The van der Waals surface area contributed by atoms with Crippen molar-refractivity contribution in [3.05, 3.63) is 89.7 Å². The highest BCUT2D eigenvalue weighted by Crippen LogP contribution is 2.18. The van der Waals surface area contributed by atoms with Crippen LogP contribution in [0.5, 0.6) is 5.75 Å². The van der Waals surface area contributed by atoms with Crippen LogP contribution >= 0.6 is 0 Å². The number of nitrogens with zero attached hydrogens (tertiary/aromatic N) is 1. The largest absolute Gasteiger partial charge is 0.483 e. The summed E-state index contributed by atoms with van der Waals surface area (Å²) in [6, 6.07) is 19.3. The molecule has 0 saturated carbocycles. The number of rotatable bonds is 8. The summed E-state index contributed by atoms with van der Waals surface area (Å²) in [5.74, 6) is 0.521. The van der Waals surface area contributed by atoms with Gasteiger partial charge in [-0.05, 0) is 36.8 Å². The van der Waals surface area contributed by atoms with Gasteiger partial charge in [0.05, 0.1) is 0 Å². The Morgan fingerprint density at radius 3 is 2.59 bits per heavy atom. The van der Waals surface area contributed by atoms with Crippen molar-refractivity contribution >= 4 is 11.6 Å². The first kappa shape index (κ1) is 18.6. The van der Waals surface area contributed by atoms with Crippen LogP contribution in [-0.4, -0.2) is 17.5 Å². The average molecular weight is 361 g/mol. The molecule has 2 N–H and O–H groups in total.